The van der Waals surface area contributed by atoms with Crippen molar-refractivity contribution in [2.45, 2.75) is 25.8 Å². The van der Waals surface area contributed by atoms with Gasteiger partial charge >= 0.3 is 0 Å². The monoisotopic (exact) mass is 191 g/mol. The van der Waals surface area contributed by atoms with E-state index in [-0.39, 0.29) is 6.61 Å². The molecule has 0 spiro atoms. The van der Waals surface area contributed by atoms with Gasteiger partial charge in [-0.25, -0.2) is 0 Å². The predicted octanol–water partition coefficient (Wildman–Crippen LogP) is 1.96. The fraction of sp³-hybridized carbons (Fsp3) is 0.500. The number of anilines is 1. The zero-order chi connectivity index (χ0) is 9.97. The molecule has 0 radical (unpaired) electrons. The lowest BCUT2D eigenvalue weighted by Gasteiger charge is -2.25. The number of benzene rings is 1. The highest BCUT2D eigenvalue weighted by atomic mass is 16.3. The fourth-order valence-corrected chi connectivity index (χ4v) is 2.17. The van der Waals surface area contributed by atoms with Gasteiger partial charge in [0.1, 0.15) is 0 Å². The Hall–Kier alpha value is -1.02. The van der Waals surface area contributed by atoms with Crippen LogP contribution in [0.5, 0.6) is 0 Å². The first-order chi connectivity index (χ1) is 6.81. The summed E-state index contributed by atoms with van der Waals surface area (Å²) in [5, 5.41) is 9.23. The van der Waals surface area contributed by atoms with E-state index in [0.717, 1.165) is 13.0 Å². The van der Waals surface area contributed by atoms with Gasteiger partial charge in [0.25, 0.3) is 0 Å². The number of aliphatic hydroxyl groups excluding tert-OH is 1. The van der Waals surface area contributed by atoms with Gasteiger partial charge in [-0.15, -0.1) is 0 Å². The molecule has 1 aromatic carbocycles. The Bertz CT molecular complexity index is 311. The molecule has 1 saturated heterocycles. The van der Waals surface area contributed by atoms with Crippen molar-refractivity contribution in [3.63, 3.8) is 0 Å². The zero-order valence-electron chi connectivity index (χ0n) is 8.61. The summed E-state index contributed by atoms with van der Waals surface area (Å²) in [5.41, 5.74) is 2.53. The molecule has 1 atom stereocenters. The summed E-state index contributed by atoms with van der Waals surface area (Å²) in [6, 6.07) is 8.83. The topological polar surface area (TPSA) is 23.5 Å². The highest BCUT2D eigenvalue weighted by Crippen LogP contribution is 2.25. The van der Waals surface area contributed by atoms with Crippen molar-refractivity contribution < 1.29 is 5.11 Å². The first-order valence-electron chi connectivity index (χ1n) is 5.25. The number of rotatable bonds is 2. The van der Waals surface area contributed by atoms with Gasteiger partial charge in [-0.2, -0.15) is 0 Å². The van der Waals surface area contributed by atoms with Gasteiger partial charge in [0.15, 0.2) is 0 Å². The van der Waals surface area contributed by atoms with Crippen LogP contribution in [-0.4, -0.2) is 24.3 Å². The van der Waals surface area contributed by atoms with E-state index in [0.29, 0.717) is 6.04 Å². The number of hydrogen-bond acceptors (Lipinski definition) is 2. The van der Waals surface area contributed by atoms with Gasteiger partial charge in [0.05, 0.1) is 12.6 Å². The van der Waals surface area contributed by atoms with E-state index < -0.39 is 0 Å². The molecule has 0 amide bonds. The Labute approximate surface area is 85.2 Å². The number of aryl methyl sites for hydroxylation is 1. The molecular formula is C12H17NO. The van der Waals surface area contributed by atoms with E-state index in [9.17, 15) is 5.11 Å². The van der Waals surface area contributed by atoms with Crippen molar-refractivity contribution in [2.24, 2.45) is 0 Å². The maximum absolute atomic E-state index is 9.23. The normalized spacial score (nSPS) is 21.6. The van der Waals surface area contributed by atoms with Crippen molar-refractivity contribution in [3.05, 3.63) is 29.8 Å². The molecule has 2 heteroatoms. The summed E-state index contributed by atoms with van der Waals surface area (Å²) in [7, 11) is 0. The minimum atomic E-state index is 0.272. The molecule has 1 aromatic rings. The minimum absolute atomic E-state index is 0.272. The Morgan fingerprint density at radius 3 is 3.07 bits per heavy atom. The Balaban J connectivity index is 2.21. The molecule has 1 fully saturated rings. The maximum atomic E-state index is 9.23. The van der Waals surface area contributed by atoms with Crippen LogP contribution in [-0.2, 0) is 0 Å². The predicted molar refractivity (Wildman–Crippen MR) is 58.6 cm³/mol. The highest BCUT2D eigenvalue weighted by molar-refractivity contribution is 5.50. The van der Waals surface area contributed by atoms with Crippen LogP contribution in [0.25, 0.3) is 0 Å². The Morgan fingerprint density at radius 2 is 2.36 bits per heavy atom. The molecule has 1 aliphatic rings. The largest absolute Gasteiger partial charge is 0.394 e. The van der Waals surface area contributed by atoms with E-state index in [1.54, 1.807) is 0 Å². The van der Waals surface area contributed by atoms with Crippen molar-refractivity contribution >= 4 is 5.69 Å². The summed E-state index contributed by atoms with van der Waals surface area (Å²) in [4.78, 5) is 2.31. The third-order valence-corrected chi connectivity index (χ3v) is 2.92. The summed E-state index contributed by atoms with van der Waals surface area (Å²) in [5.74, 6) is 0. The second-order valence-electron chi connectivity index (χ2n) is 4.01. The second kappa shape index (κ2) is 4.01. The quantitative estimate of drug-likeness (QED) is 0.772. The summed E-state index contributed by atoms with van der Waals surface area (Å²) in [6.07, 6.45) is 2.31. The van der Waals surface area contributed by atoms with Crippen molar-refractivity contribution in [2.75, 3.05) is 18.1 Å². The van der Waals surface area contributed by atoms with Crippen LogP contribution in [0.2, 0.25) is 0 Å². The Kier molecular flexibility index (Phi) is 2.73. The van der Waals surface area contributed by atoms with Crippen LogP contribution in [0.4, 0.5) is 5.69 Å². The molecule has 1 unspecified atom stereocenters. The lowest BCUT2D eigenvalue weighted by atomic mass is 10.2. The number of hydrogen-bond donors (Lipinski definition) is 1. The number of nitrogens with zero attached hydrogens (tertiary/aromatic N) is 1. The van der Waals surface area contributed by atoms with Crippen LogP contribution in [0.1, 0.15) is 18.4 Å². The lowest BCUT2D eigenvalue weighted by molar-refractivity contribution is 0.266. The molecule has 0 bridgehead atoms. The standard InChI is InChI=1S/C12H17NO/c1-10-4-2-5-11(8-10)13-7-3-6-12(13)9-14/h2,4-5,8,12,14H,3,6-7,9H2,1H3. The van der Waals surface area contributed by atoms with Gasteiger partial charge in [-0.3, -0.25) is 0 Å². The van der Waals surface area contributed by atoms with E-state index in [1.165, 1.54) is 17.7 Å². The van der Waals surface area contributed by atoms with Crippen LogP contribution >= 0.6 is 0 Å². The van der Waals surface area contributed by atoms with E-state index in [2.05, 4.69) is 36.1 Å². The van der Waals surface area contributed by atoms with Crippen molar-refractivity contribution in [1.29, 1.82) is 0 Å². The third kappa shape index (κ3) is 1.75. The average Bonchev–Trinajstić information content (AvgIpc) is 2.65. The lowest BCUT2D eigenvalue weighted by Crippen LogP contribution is -2.31. The molecule has 76 valence electrons. The summed E-state index contributed by atoms with van der Waals surface area (Å²) < 4.78 is 0. The first-order valence-corrected chi connectivity index (χ1v) is 5.25. The molecular weight excluding hydrogens is 174 g/mol. The van der Waals surface area contributed by atoms with Crippen molar-refractivity contribution in [1.82, 2.24) is 0 Å². The van der Waals surface area contributed by atoms with Crippen LogP contribution in [0, 0.1) is 6.92 Å². The highest BCUT2D eigenvalue weighted by Gasteiger charge is 2.23. The van der Waals surface area contributed by atoms with Gasteiger partial charge in [-0.1, -0.05) is 12.1 Å². The molecule has 14 heavy (non-hydrogen) atoms. The molecule has 2 rings (SSSR count). The SMILES string of the molecule is Cc1cccc(N2CCCC2CO)c1. The van der Waals surface area contributed by atoms with Crippen molar-refractivity contribution in [3.8, 4) is 0 Å². The first kappa shape index (κ1) is 9.53. The summed E-state index contributed by atoms with van der Waals surface area (Å²) >= 11 is 0. The van der Waals surface area contributed by atoms with Crippen LogP contribution in [0.15, 0.2) is 24.3 Å². The molecule has 0 saturated carbocycles. The molecule has 1 N–H and O–H groups in total. The maximum Gasteiger partial charge on any atom is 0.0635 e. The second-order valence-corrected chi connectivity index (χ2v) is 4.01. The van der Waals surface area contributed by atoms with Crippen LogP contribution in [0.3, 0.4) is 0 Å². The van der Waals surface area contributed by atoms with Gasteiger partial charge in [-0.05, 0) is 37.5 Å². The van der Waals surface area contributed by atoms with Gasteiger partial charge in [0.2, 0.25) is 0 Å². The summed E-state index contributed by atoms with van der Waals surface area (Å²) in [6.45, 7) is 3.45. The Morgan fingerprint density at radius 1 is 1.50 bits per heavy atom. The molecule has 1 heterocycles. The van der Waals surface area contributed by atoms with E-state index in [4.69, 9.17) is 0 Å². The molecule has 0 aromatic heterocycles. The molecule has 0 aliphatic carbocycles. The van der Waals surface area contributed by atoms with E-state index >= 15 is 0 Å². The van der Waals surface area contributed by atoms with Gasteiger partial charge < -0.3 is 10.0 Å². The average molecular weight is 191 g/mol. The minimum Gasteiger partial charge on any atom is -0.394 e. The zero-order valence-corrected chi connectivity index (χ0v) is 8.61. The third-order valence-electron chi connectivity index (χ3n) is 2.92. The fourth-order valence-electron chi connectivity index (χ4n) is 2.17. The smallest absolute Gasteiger partial charge is 0.0635 e. The number of aliphatic hydroxyl groups is 1. The molecule has 2 nitrogen and oxygen atoms in total. The molecule has 1 aliphatic heterocycles. The van der Waals surface area contributed by atoms with Gasteiger partial charge in [0, 0.05) is 12.2 Å². The van der Waals surface area contributed by atoms with Crippen LogP contribution < -0.4 is 4.90 Å². The van der Waals surface area contributed by atoms with E-state index in [1.807, 2.05) is 0 Å².